The molecule has 0 bridgehead atoms. The van der Waals surface area contributed by atoms with E-state index in [1.807, 2.05) is 18.2 Å². The molecule has 0 aliphatic rings. The summed E-state index contributed by atoms with van der Waals surface area (Å²) >= 11 is 0. The maximum absolute atomic E-state index is 12.1. The van der Waals surface area contributed by atoms with E-state index in [1.165, 1.54) is 0 Å². The molecular weight excluding hydrogens is 328 g/mol. The second-order valence-electron chi connectivity index (χ2n) is 5.53. The van der Waals surface area contributed by atoms with E-state index in [9.17, 15) is 4.79 Å². The van der Waals surface area contributed by atoms with Gasteiger partial charge in [-0.15, -0.1) is 0 Å². The fourth-order valence-electron chi connectivity index (χ4n) is 2.45. The van der Waals surface area contributed by atoms with E-state index in [-0.39, 0.29) is 12.3 Å². The quantitative estimate of drug-likeness (QED) is 0.447. The number of hydrogen-bond acceptors (Lipinski definition) is 5. The van der Waals surface area contributed by atoms with Gasteiger partial charge in [-0.2, -0.15) is 0 Å². The predicted molar refractivity (Wildman–Crippen MR) is 101 cm³/mol. The van der Waals surface area contributed by atoms with Crippen LogP contribution < -0.4 is 10.5 Å². The molecule has 1 heterocycles. The van der Waals surface area contributed by atoms with E-state index in [1.54, 1.807) is 44.4 Å². The van der Waals surface area contributed by atoms with E-state index in [0.29, 0.717) is 22.5 Å². The molecule has 3 aromatic rings. The van der Waals surface area contributed by atoms with Gasteiger partial charge in [0.15, 0.2) is 0 Å². The number of nitrogens with zero attached hydrogens (tertiary/aromatic N) is 1. The SMILES string of the molecule is CCOC(=O)c1cc(C#Cc2ccc(N)cc2)c2cc(OC)ccc2n1. The molecule has 0 aliphatic heterocycles. The summed E-state index contributed by atoms with van der Waals surface area (Å²) in [4.78, 5) is 16.5. The first-order valence-corrected chi connectivity index (χ1v) is 8.14. The summed E-state index contributed by atoms with van der Waals surface area (Å²) in [6, 6.07) is 14.4. The zero-order chi connectivity index (χ0) is 18.5. The number of rotatable bonds is 3. The van der Waals surface area contributed by atoms with Crippen LogP contribution in [-0.4, -0.2) is 24.7 Å². The Kier molecular flexibility index (Phi) is 5.04. The Hall–Kier alpha value is -3.52. The molecule has 0 atom stereocenters. The lowest BCUT2D eigenvalue weighted by Gasteiger charge is -2.07. The fourth-order valence-corrected chi connectivity index (χ4v) is 2.45. The number of anilines is 1. The summed E-state index contributed by atoms with van der Waals surface area (Å²) in [5.41, 5.74) is 8.76. The van der Waals surface area contributed by atoms with Crippen LogP contribution in [-0.2, 0) is 4.74 Å². The lowest BCUT2D eigenvalue weighted by molar-refractivity contribution is 0.0520. The number of nitrogen functional groups attached to an aromatic ring is 1. The van der Waals surface area contributed by atoms with Gasteiger partial charge in [0.05, 0.1) is 19.2 Å². The van der Waals surface area contributed by atoms with Crippen LogP contribution in [0.25, 0.3) is 10.9 Å². The first-order valence-electron chi connectivity index (χ1n) is 8.14. The van der Waals surface area contributed by atoms with Crippen molar-refractivity contribution in [3.05, 3.63) is 65.4 Å². The zero-order valence-electron chi connectivity index (χ0n) is 14.6. The number of hydrogen-bond donors (Lipinski definition) is 1. The molecule has 130 valence electrons. The number of benzene rings is 2. The van der Waals surface area contributed by atoms with Gasteiger partial charge in [-0.1, -0.05) is 11.8 Å². The van der Waals surface area contributed by atoms with Gasteiger partial charge in [0.25, 0.3) is 0 Å². The summed E-state index contributed by atoms with van der Waals surface area (Å²) in [5, 5.41) is 0.806. The van der Waals surface area contributed by atoms with Crippen molar-refractivity contribution in [2.45, 2.75) is 6.92 Å². The molecule has 0 fully saturated rings. The summed E-state index contributed by atoms with van der Waals surface area (Å²) in [7, 11) is 1.60. The summed E-state index contributed by atoms with van der Waals surface area (Å²) in [5.74, 6) is 6.43. The number of nitrogens with two attached hydrogens (primary N) is 1. The first-order chi connectivity index (χ1) is 12.6. The van der Waals surface area contributed by atoms with E-state index in [4.69, 9.17) is 15.2 Å². The molecule has 0 saturated carbocycles. The molecule has 5 heteroatoms. The molecule has 2 aromatic carbocycles. The number of methoxy groups -OCH3 is 1. The Morgan fingerprint density at radius 3 is 2.58 bits per heavy atom. The molecule has 0 amide bonds. The average Bonchev–Trinajstić information content (AvgIpc) is 2.66. The Bertz CT molecular complexity index is 1020. The Morgan fingerprint density at radius 2 is 1.88 bits per heavy atom. The smallest absolute Gasteiger partial charge is 0.356 e. The van der Waals surface area contributed by atoms with Crippen LogP contribution in [0.15, 0.2) is 48.5 Å². The summed E-state index contributed by atoms with van der Waals surface area (Å²) in [6.45, 7) is 2.04. The fraction of sp³-hybridized carbons (Fsp3) is 0.143. The Labute approximate surface area is 151 Å². The molecule has 1 aromatic heterocycles. The third-order valence-electron chi connectivity index (χ3n) is 3.75. The number of pyridine rings is 1. The second-order valence-corrected chi connectivity index (χ2v) is 5.53. The maximum atomic E-state index is 12.1. The highest BCUT2D eigenvalue weighted by molar-refractivity contribution is 5.94. The van der Waals surface area contributed by atoms with Gasteiger partial charge in [-0.25, -0.2) is 9.78 Å². The Morgan fingerprint density at radius 1 is 1.12 bits per heavy atom. The van der Waals surface area contributed by atoms with Crippen LogP contribution in [0.1, 0.15) is 28.5 Å². The Balaban J connectivity index is 2.13. The molecule has 2 N–H and O–H groups in total. The van der Waals surface area contributed by atoms with Gasteiger partial charge in [-0.05, 0) is 55.5 Å². The van der Waals surface area contributed by atoms with Gasteiger partial charge in [-0.3, -0.25) is 0 Å². The molecule has 0 spiro atoms. The molecule has 0 radical (unpaired) electrons. The van der Waals surface area contributed by atoms with Crippen molar-refractivity contribution in [1.82, 2.24) is 4.98 Å². The largest absolute Gasteiger partial charge is 0.497 e. The molecule has 26 heavy (non-hydrogen) atoms. The van der Waals surface area contributed by atoms with Crippen molar-refractivity contribution >= 4 is 22.6 Å². The van der Waals surface area contributed by atoms with Crippen LogP contribution in [0.2, 0.25) is 0 Å². The van der Waals surface area contributed by atoms with E-state index in [2.05, 4.69) is 16.8 Å². The third-order valence-corrected chi connectivity index (χ3v) is 3.75. The van der Waals surface area contributed by atoms with Crippen LogP contribution in [0.4, 0.5) is 5.69 Å². The third kappa shape index (κ3) is 3.76. The van der Waals surface area contributed by atoms with Gasteiger partial charge in [0.1, 0.15) is 11.4 Å². The maximum Gasteiger partial charge on any atom is 0.356 e. The highest BCUT2D eigenvalue weighted by Gasteiger charge is 2.13. The van der Waals surface area contributed by atoms with Crippen LogP contribution in [0.5, 0.6) is 5.75 Å². The lowest BCUT2D eigenvalue weighted by Crippen LogP contribution is -2.07. The van der Waals surface area contributed by atoms with E-state index in [0.717, 1.165) is 10.9 Å². The topological polar surface area (TPSA) is 74.4 Å². The number of ether oxygens (including phenoxy) is 2. The van der Waals surface area contributed by atoms with Crippen molar-refractivity contribution in [1.29, 1.82) is 0 Å². The number of esters is 1. The standard InChI is InChI=1S/C21H18N2O3/c1-3-26-21(24)20-12-15(7-4-14-5-8-16(22)9-6-14)18-13-17(25-2)10-11-19(18)23-20/h5-6,8-13H,3,22H2,1-2H3. The molecule has 0 saturated heterocycles. The first kappa shape index (κ1) is 17.3. The van der Waals surface area contributed by atoms with Crippen molar-refractivity contribution in [2.75, 3.05) is 19.5 Å². The molecule has 0 aliphatic carbocycles. The predicted octanol–water partition coefficient (Wildman–Crippen LogP) is 3.40. The summed E-state index contributed by atoms with van der Waals surface area (Å²) in [6.07, 6.45) is 0. The number of carbonyl (C=O) groups is 1. The minimum absolute atomic E-state index is 0.228. The van der Waals surface area contributed by atoms with Gasteiger partial charge in [0.2, 0.25) is 0 Å². The summed E-state index contributed by atoms with van der Waals surface area (Å²) < 4.78 is 10.4. The monoisotopic (exact) mass is 346 g/mol. The van der Waals surface area contributed by atoms with Crippen molar-refractivity contribution in [2.24, 2.45) is 0 Å². The number of fused-ring (bicyclic) bond motifs is 1. The van der Waals surface area contributed by atoms with Gasteiger partial charge < -0.3 is 15.2 Å². The highest BCUT2D eigenvalue weighted by atomic mass is 16.5. The molecule has 0 unspecified atom stereocenters. The van der Waals surface area contributed by atoms with Crippen LogP contribution >= 0.6 is 0 Å². The lowest BCUT2D eigenvalue weighted by atomic mass is 10.1. The van der Waals surface area contributed by atoms with E-state index >= 15 is 0 Å². The minimum Gasteiger partial charge on any atom is -0.497 e. The normalized spacial score (nSPS) is 10.1. The van der Waals surface area contributed by atoms with Gasteiger partial charge in [0, 0.05) is 22.2 Å². The molecular formula is C21H18N2O3. The van der Waals surface area contributed by atoms with Crippen molar-refractivity contribution in [3.63, 3.8) is 0 Å². The highest BCUT2D eigenvalue weighted by Crippen LogP contribution is 2.23. The van der Waals surface area contributed by atoms with E-state index < -0.39 is 5.97 Å². The number of aromatic nitrogens is 1. The zero-order valence-corrected chi connectivity index (χ0v) is 14.6. The number of carbonyl (C=O) groups excluding carboxylic acids is 1. The second kappa shape index (κ2) is 7.58. The van der Waals surface area contributed by atoms with Crippen molar-refractivity contribution in [3.8, 4) is 17.6 Å². The van der Waals surface area contributed by atoms with Crippen molar-refractivity contribution < 1.29 is 14.3 Å². The minimum atomic E-state index is -0.472. The molecule has 3 rings (SSSR count). The molecule has 5 nitrogen and oxygen atoms in total. The van der Waals surface area contributed by atoms with Crippen LogP contribution in [0, 0.1) is 11.8 Å². The van der Waals surface area contributed by atoms with Crippen LogP contribution in [0.3, 0.4) is 0 Å². The van der Waals surface area contributed by atoms with Gasteiger partial charge >= 0.3 is 5.97 Å². The average molecular weight is 346 g/mol.